The lowest BCUT2D eigenvalue weighted by Gasteiger charge is -2.24. The van der Waals surface area contributed by atoms with Crippen LogP contribution in [-0.2, 0) is 112 Å². The number of rotatable bonds is 22. The second-order valence-corrected chi connectivity index (χ2v) is 34.4. The summed E-state index contributed by atoms with van der Waals surface area (Å²) >= 11 is 8.24. The van der Waals surface area contributed by atoms with Crippen molar-refractivity contribution in [2.75, 3.05) is 52.5 Å². The van der Waals surface area contributed by atoms with E-state index in [0.29, 0.717) is 101 Å². The van der Waals surface area contributed by atoms with E-state index in [9.17, 15) is 72.2 Å². The third-order valence-corrected chi connectivity index (χ3v) is 23.5. The van der Waals surface area contributed by atoms with Crippen molar-refractivity contribution in [1.82, 2.24) is 52.1 Å². The summed E-state index contributed by atoms with van der Waals surface area (Å²) in [5.41, 5.74) is 3.20. The molecule has 0 amide bonds. The van der Waals surface area contributed by atoms with Crippen LogP contribution in [0.3, 0.4) is 0 Å². The van der Waals surface area contributed by atoms with Gasteiger partial charge < -0.3 is 28.8 Å². The van der Waals surface area contributed by atoms with Gasteiger partial charge in [0.05, 0.1) is 60.4 Å². The van der Waals surface area contributed by atoms with Gasteiger partial charge in [-0.2, -0.15) is 70.2 Å². The monoisotopic (exact) mass is 1890 g/mol. The van der Waals surface area contributed by atoms with Crippen molar-refractivity contribution in [3.05, 3.63) is 227 Å². The number of halogens is 13. The number of alkyl halides is 13. The Hall–Kier alpha value is -10.3. The lowest BCUT2D eigenvalue weighted by atomic mass is 10.0. The Bertz CT molecular complexity index is 5320. The zero-order valence-electron chi connectivity index (χ0n) is 69.9. The summed E-state index contributed by atoms with van der Waals surface area (Å²) < 4.78 is 197. The first kappa shape index (κ1) is 97.9. The Morgan fingerprint density at radius 1 is 0.389 bits per heavy atom. The van der Waals surface area contributed by atoms with Crippen molar-refractivity contribution in [1.29, 1.82) is 0 Å². The molecule has 0 saturated heterocycles. The van der Waals surface area contributed by atoms with Gasteiger partial charge in [0.25, 0.3) is 0 Å². The predicted molar refractivity (Wildman–Crippen MR) is 461 cm³/mol. The van der Waals surface area contributed by atoms with Crippen LogP contribution >= 0.6 is 62.1 Å². The van der Waals surface area contributed by atoms with Crippen molar-refractivity contribution >= 4 is 80.0 Å². The fourth-order valence-corrected chi connectivity index (χ4v) is 16.1. The van der Waals surface area contributed by atoms with Crippen LogP contribution < -0.4 is 14.2 Å². The first-order valence-corrected chi connectivity index (χ1v) is 43.9. The largest absolute Gasteiger partial charge is 0.478 e. The van der Waals surface area contributed by atoms with Gasteiger partial charge in [-0.25, -0.2) is 34.3 Å². The first-order chi connectivity index (χ1) is 59.5. The third-order valence-electron chi connectivity index (χ3n) is 19.8. The number of benzene rings is 7. The minimum absolute atomic E-state index is 0.298. The molecule has 0 atom stereocenters. The van der Waals surface area contributed by atoms with Crippen LogP contribution in [0.2, 0.25) is 0 Å². The van der Waals surface area contributed by atoms with Gasteiger partial charge in [-0.15, -0.1) is 12.3 Å². The zero-order valence-corrected chi connectivity index (χ0v) is 74.8. The normalized spacial score (nSPS) is 14.1. The summed E-state index contributed by atoms with van der Waals surface area (Å²) in [7, 11) is 0. The second kappa shape index (κ2) is 43.0. The van der Waals surface area contributed by atoms with Crippen LogP contribution in [0, 0.1) is 12.3 Å². The number of carboxylic acids is 1. The van der Waals surface area contributed by atoms with E-state index >= 15 is 0 Å². The fourth-order valence-electron chi connectivity index (χ4n) is 13.1. The summed E-state index contributed by atoms with van der Waals surface area (Å²) in [5, 5.41) is 13.1. The van der Waals surface area contributed by atoms with Crippen molar-refractivity contribution in [2.24, 2.45) is 0 Å². The summed E-state index contributed by atoms with van der Waals surface area (Å²) in [6, 6.07) is 37.0. The van der Waals surface area contributed by atoms with E-state index in [2.05, 4.69) is 80.4 Å². The van der Waals surface area contributed by atoms with Gasteiger partial charge in [-0.1, -0.05) is 82.7 Å². The average molecular weight is 1890 g/mol. The van der Waals surface area contributed by atoms with E-state index < -0.39 is 81.7 Å². The molecule has 3 aliphatic heterocycles. The lowest BCUT2D eigenvalue weighted by molar-refractivity contribution is -0.159. The topological polar surface area (TPSA) is 230 Å². The minimum Gasteiger partial charge on any atom is -0.478 e. The van der Waals surface area contributed by atoms with Crippen molar-refractivity contribution in [2.45, 2.75) is 167 Å². The molecule has 4 aromatic heterocycles. The highest BCUT2D eigenvalue weighted by Crippen LogP contribution is 2.38. The Balaban J connectivity index is 0.000000178. The van der Waals surface area contributed by atoms with Gasteiger partial charge in [0, 0.05) is 61.5 Å². The number of esters is 2. The van der Waals surface area contributed by atoms with E-state index in [1.54, 1.807) is 54.5 Å². The highest BCUT2D eigenvalue weighted by molar-refractivity contribution is 9.08. The molecule has 7 aromatic carbocycles. The molecule has 1 N–H and O–H groups in total. The van der Waals surface area contributed by atoms with Crippen LogP contribution in [0.5, 0.6) is 17.2 Å². The second-order valence-electron chi connectivity index (χ2n) is 30.5. The standard InChI is InChI=1S/2C26H28F3N3O3S.C24H24F3N3O3S.C10H6BrF3N2S.C3H4/c2*1-4-34-24(33)25(2,3)35-21-10-7-17-11-13-32(14-12-19(17)15-21)16-22-30-23(31-36-22)18-5-8-20(9-6-18)26(27,28)29;1-23(2,22(31)32)33-19-8-5-15-9-11-30(12-10-17(15)13-19)14-20-28-21(29-34-20)16-3-6-18(7-4-16)24(25,26)27;11-5-8-15-9(16-17-8)6-1-3-7(4-2-6)10(12,13)14;1-3-2/h2*5-10,15H,4,11-14,16H2,1-3H3;3-8,13H,9-12,14H2,1-2H3,(H,31,32);1-4H,5H2;1H,2H3. The summed E-state index contributed by atoms with van der Waals surface area (Å²) in [5.74, 6) is 3.97. The lowest BCUT2D eigenvalue weighted by Crippen LogP contribution is -2.39. The Morgan fingerprint density at radius 2 is 0.619 bits per heavy atom. The van der Waals surface area contributed by atoms with Gasteiger partial charge in [-0.3, -0.25) is 14.7 Å². The maximum Gasteiger partial charge on any atom is 0.416 e. The molecule has 0 radical (unpaired) electrons. The predicted octanol–water partition coefficient (Wildman–Crippen LogP) is 20.9. The first-order valence-electron chi connectivity index (χ1n) is 39.6. The van der Waals surface area contributed by atoms with Crippen molar-refractivity contribution in [3.8, 4) is 75.1 Å². The Labute approximate surface area is 745 Å². The average Bonchev–Trinajstić information content (AvgIpc) is 1.74. The number of aromatic nitrogens is 8. The van der Waals surface area contributed by atoms with Gasteiger partial charge in [0.1, 0.15) is 37.3 Å². The van der Waals surface area contributed by atoms with E-state index in [0.717, 1.165) is 152 Å². The van der Waals surface area contributed by atoms with Gasteiger partial charge in [0.2, 0.25) is 0 Å². The molecule has 7 heterocycles. The SMILES string of the molecule is C#CC.CC(C)(Oc1ccc2c(c1)CCN(Cc1nc(-c3ccc(C(F)(F)F)cc3)ns1)CC2)C(=O)O.CCOC(=O)C(C)(C)Oc1ccc2c(c1)CCN(Cc1nc(-c3ccc(C(F)(F)F)cc3)ns1)CC2.CCOC(=O)C(C)(C)Oc1ccc2c(c1)CCN(Cc1nc(-c3ccc(C(F)(F)F)cc3)ns1)CC2.FC(F)(F)c1ccc(-c2nsc(CBr)n2)cc1. The third kappa shape index (κ3) is 27.8. The number of terminal acetylenes is 1. The van der Waals surface area contributed by atoms with Gasteiger partial charge in [-0.05, 0) is 265 Å². The van der Waals surface area contributed by atoms with Crippen LogP contribution in [0.25, 0.3) is 45.6 Å². The van der Waals surface area contributed by atoms with Crippen LogP contribution in [0.15, 0.2) is 152 Å². The van der Waals surface area contributed by atoms with E-state index in [1.807, 2.05) is 48.5 Å². The maximum atomic E-state index is 12.8. The highest BCUT2D eigenvalue weighted by atomic mass is 79.9. The molecular formula is C89H90BrF12N11O9S4. The molecule has 0 spiro atoms. The van der Waals surface area contributed by atoms with Crippen molar-refractivity contribution < 1.29 is 95.9 Å². The molecule has 0 bridgehead atoms. The smallest absolute Gasteiger partial charge is 0.416 e. The van der Waals surface area contributed by atoms with Crippen LogP contribution in [0.1, 0.15) is 138 Å². The number of hydrogen-bond acceptors (Lipinski definition) is 23. The molecule has 11 aromatic rings. The number of carbonyl (C=O) groups excluding carboxylic acids is 2. The van der Waals surface area contributed by atoms with E-state index in [1.165, 1.54) is 136 Å². The minimum atomic E-state index is -4.37. The number of fused-ring (bicyclic) bond motifs is 3. The molecule has 0 unspecified atom stereocenters. The fraction of sp³-hybridized carbons (Fsp3) is 0.382. The zero-order chi connectivity index (χ0) is 91.5. The van der Waals surface area contributed by atoms with E-state index in [4.69, 9.17) is 23.7 Å². The van der Waals surface area contributed by atoms with Crippen LogP contribution in [-0.4, -0.2) is 144 Å². The molecule has 126 heavy (non-hydrogen) atoms. The highest BCUT2D eigenvalue weighted by Gasteiger charge is 2.37. The molecule has 20 nitrogen and oxygen atoms in total. The van der Waals surface area contributed by atoms with E-state index in [-0.39, 0.29) is 0 Å². The molecule has 3 aliphatic rings. The molecule has 670 valence electrons. The molecule has 0 fully saturated rings. The number of nitrogens with zero attached hydrogens (tertiary/aromatic N) is 11. The maximum absolute atomic E-state index is 12.8. The van der Waals surface area contributed by atoms with Crippen LogP contribution in [0.4, 0.5) is 52.7 Å². The number of carboxylic acid groups (broad SMARTS) is 1. The molecule has 0 saturated carbocycles. The molecular weight excluding hydrogens is 1800 g/mol. The number of aliphatic carboxylic acids is 1. The Kier molecular flexibility index (Phi) is 33.4. The quantitative estimate of drug-likeness (QED) is 0.0288. The number of ether oxygens (including phenoxy) is 5. The summed E-state index contributed by atoms with van der Waals surface area (Å²) in [4.78, 5) is 60.3. The van der Waals surface area contributed by atoms with Crippen molar-refractivity contribution in [3.63, 3.8) is 0 Å². The molecule has 0 aliphatic carbocycles. The number of hydrogen-bond donors (Lipinski definition) is 1. The molecule has 14 rings (SSSR count). The number of carbonyl (C=O) groups is 3. The summed E-state index contributed by atoms with van der Waals surface area (Å²) in [6.07, 6.45) is -7.84. The summed E-state index contributed by atoms with van der Waals surface area (Å²) in [6.45, 7) is 22.3. The van der Waals surface area contributed by atoms with Gasteiger partial charge in [0.15, 0.2) is 40.1 Å². The van der Waals surface area contributed by atoms with Gasteiger partial charge >= 0.3 is 42.6 Å². The molecule has 37 heteroatoms. The Morgan fingerprint density at radius 3 is 0.841 bits per heavy atom.